The first kappa shape index (κ1) is 15.3. The summed E-state index contributed by atoms with van der Waals surface area (Å²) in [6, 6.07) is 8.49. The van der Waals surface area contributed by atoms with Crippen molar-refractivity contribution in [2.45, 2.75) is 26.2 Å². The van der Waals surface area contributed by atoms with E-state index >= 15 is 0 Å². The molecule has 1 saturated heterocycles. The summed E-state index contributed by atoms with van der Waals surface area (Å²) in [5, 5.41) is 0. The van der Waals surface area contributed by atoms with Gasteiger partial charge in [-0.05, 0) is 30.2 Å². The summed E-state index contributed by atoms with van der Waals surface area (Å²) in [6.45, 7) is 13.1. The SMILES string of the molecule is CN1CCN(CCOc2cccc(C(C)(C)C)c2)CC1. The summed E-state index contributed by atoms with van der Waals surface area (Å²) in [5.74, 6) is 0.992. The molecular formula is C17H28N2O. The van der Waals surface area contributed by atoms with Crippen molar-refractivity contribution in [3.63, 3.8) is 0 Å². The van der Waals surface area contributed by atoms with Gasteiger partial charge in [0.2, 0.25) is 0 Å². The Bertz CT molecular complexity index is 417. The third-order valence-electron chi connectivity index (χ3n) is 3.97. The molecule has 0 saturated carbocycles. The lowest BCUT2D eigenvalue weighted by Crippen LogP contribution is -2.45. The number of hydrogen-bond donors (Lipinski definition) is 0. The van der Waals surface area contributed by atoms with Gasteiger partial charge in [0.15, 0.2) is 0 Å². The van der Waals surface area contributed by atoms with Gasteiger partial charge in [-0.2, -0.15) is 0 Å². The van der Waals surface area contributed by atoms with Crippen molar-refractivity contribution in [3.8, 4) is 5.75 Å². The van der Waals surface area contributed by atoms with Gasteiger partial charge in [0.1, 0.15) is 12.4 Å². The Balaban J connectivity index is 1.79. The fourth-order valence-corrected chi connectivity index (χ4v) is 2.42. The van der Waals surface area contributed by atoms with Crippen LogP contribution in [-0.4, -0.2) is 56.2 Å². The van der Waals surface area contributed by atoms with Crippen molar-refractivity contribution in [2.75, 3.05) is 46.4 Å². The Labute approximate surface area is 123 Å². The summed E-state index contributed by atoms with van der Waals surface area (Å²) in [6.07, 6.45) is 0. The number of rotatable bonds is 4. The van der Waals surface area contributed by atoms with Gasteiger partial charge in [-0.25, -0.2) is 0 Å². The molecule has 2 rings (SSSR count). The van der Waals surface area contributed by atoms with Gasteiger partial charge in [-0.15, -0.1) is 0 Å². The molecule has 0 unspecified atom stereocenters. The Kier molecular flexibility index (Phi) is 5.06. The predicted octanol–water partition coefficient (Wildman–Crippen LogP) is 2.61. The summed E-state index contributed by atoms with van der Waals surface area (Å²) in [4.78, 5) is 4.86. The summed E-state index contributed by atoms with van der Waals surface area (Å²) in [7, 11) is 2.19. The number of likely N-dealkylation sites (N-methyl/N-ethyl adjacent to an activating group) is 1. The molecule has 0 radical (unpaired) electrons. The number of benzene rings is 1. The molecule has 1 fully saturated rings. The van der Waals surface area contributed by atoms with E-state index in [1.807, 2.05) is 0 Å². The zero-order valence-corrected chi connectivity index (χ0v) is 13.4. The maximum absolute atomic E-state index is 5.92. The maximum atomic E-state index is 5.92. The molecule has 1 heterocycles. The molecule has 0 aliphatic carbocycles. The predicted molar refractivity (Wildman–Crippen MR) is 84.6 cm³/mol. The van der Waals surface area contributed by atoms with Gasteiger partial charge < -0.3 is 9.64 Å². The third kappa shape index (κ3) is 4.50. The van der Waals surface area contributed by atoms with Gasteiger partial charge in [-0.1, -0.05) is 32.9 Å². The van der Waals surface area contributed by atoms with Crippen LogP contribution in [0.4, 0.5) is 0 Å². The fourth-order valence-electron chi connectivity index (χ4n) is 2.42. The minimum atomic E-state index is 0.177. The van der Waals surface area contributed by atoms with E-state index in [-0.39, 0.29) is 5.41 Å². The molecule has 1 aliphatic rings. The summed E-state index contributed by atoms with van der Waals surface area (Å²) < 4.78 is 5.92. The molecular weight excluding hydrogens is 248 g/mol. The highest BCUT2D eigenvalue weighted by molar-refractivity contribution is 5.32. The molecule has 112 valence electrons. The van der Waals surface area contributed by atoms with E-state index in [0.29, 0.717) is 0 Å². The van der Waals surface area contributed by atoms with E-state index in [1.54, 1.807) is 0 Å². The van der Waals surface area contributed by atoms with Crippen LogP contribution in [-0.2, 0) is 5.41 Å². The van der Waals surface area contributed by atoms with Gasteiger partial charge in [0.25, 0.3) is 0 Å². The number of nitrogens with zero attached hydrogens (tertiary/aromatic N) is 2. The second-order valence-electron chi connectivity index (χ2n) is 6.77. The normalized spacial score (nSPS) is 18.2. The van der Waals surface area contributed by atoms with Crippen molar-refractivity contribution >= 4 is 0 Å². The highest BCUT2D eigenvalue weighted by atomic mass is 16.5. The Morgan fingerprint density at radius 3 is 2.45 bits per heavy atom. The molecule has 0 bridgehead atoms. The molecule has 3 nitrogen and oxygen atoms in total. The first-order valence-corrected chi connectivity index (χ1v) is 7.59. The van der Waals surface area contributed by atoms with E-state index in [1.165, 1.54) is 18.7 Å². The number of hydrogen-bond acceptors (Lipinski definition) is 3. The Morgan fingerprint density at radius 1 is 1.10 bits per heavy atom. The van der Waals surface area contributed by atoms with Crippen molar-refractivity contribution in [1.82, 2.24) is 9.80 Å². The number of ether oxygens (including phenoxy) is 1. The van der Waals surface area contributed by atoms with E-state index in [9.17, 15) is 0 Å². The van der Waals surface area contributed by atoms with Crippen LogP contribution in [0.15, 0.2) is 24.3 Å². The molecule has 0 aromatic heterocycles. The maximum Gasteiger partial charge on any atom is 0.119 e. The van der Waals surface area contributed by atoms with E-state index in [0.717, 1.165) is 32.0 Å². The number of piperazine rings is 1. The zero-order chi connectivity index (χ0) is 14.6. The largest absolute Gasteiger partial charge is 0.492 e. The van der Waals surface area contributed by atoms with Crippen molar-refractivity contribution in [1.29, 1.82) is 0 Å². The van der Waals surface area contributed by atoms with Crippen molar-refractivity contribution < 1.29 is 4.74 Å². The van der Waals surface area contributed by atoms with Crippen LogP contribution >= 0.6 is 0 Å². The lowest BCUT2D eigenvalue weighted by Gasteiger charge is -2.32. The second kappa shape index (κ2) is 6.59. The molecule has 3 heteroatoms. The van der Waals surface area contributed by atoms with Crippen molar-refractivity contribution in [2.24, 2.45) is 0 Å². The Morgan fingerprint density at radius 2 is 1.80 bits per heavy atom. The van der Waals surface area contributed by atoms with Crippen LogP contribution in [0.1, 0.15) is 26.3 Å². The van der Waals surface area contributed by atoms with Gasteiger partial charge in [-0.3, -0.25) is 4.90 Å². The van der Waals surface area contributed by atoms with Crippen LogP contribution in [0, 0.1) is 0 Å². The minimum absolute atomic E-state index is 0.177. The van der Waals surface area contributed by atoms with E-state index in [4.69, 9.17) is 4.74 Å². The van der Waals surface area contributed by atoms with Crippen LogP contribution < -0.4 is 4.74 Å². The summed E-state index contributed by atoms with van der Waals surface area (Å²) >= 11 is 0. The summed E-state index contributed by atoms with van der Waals surface area (Å²) in [5.41, 5.74) is 1.51. The van der Waals surface area contributed by atoms with Crippen LogP contribution in [0.5, 0.6) is 5.75 Å². The quantitative estimate of drug-likeness (QED) is 0.841. The molecule has 0 amide bonds. The standard InChI is InChI=1S/C17H28N2O/c1-17(2,3)15-6-5-7-16(14-15)20-13-12-19-10-8-18(4)9-11-19/h5-7,14H,8-13H2,1-4H3. The van der Waals surface area contributed by atoms with Crippen molar-refractivity contribution in [3.05, 3.63) is 29.8 Å². The topological polar surface area (TPSA) is 15.7 Å². The second-order valence-corrected chi connectivity index (χ2v) is 6.77. The Hall–Kier alpha value is -1.06. The monoisotopic (exact) mass is 276 g/mol. The molecule has 1 aromatic carbocycles. The van der Waals surface area contributed by atoms with Gasteiger partial charge >= 0.3 is 0 Å². The molecule has 0 atom stereocenters. The van der Waals surface area contributed by atoms with Gasteiger partial charge in [0.05, 0.1) is 0 Å². The van der Waals surface area contributed by atoms with Crippen LogP contribution in [0.3, 0.4) is 0 Å². The third-order valence-corrected chi connectivity index (χ3v) is 3.97. The van der Waals surface area contributed by atoms with E-state index in [2.05, 4.69) is 61.9 Å². The van der Waals surface area contributed by atoms with Gasteiger partial charge in [0, 0.05) is 32.7 Å². The highest BCUT2D eigenvalue weighted by Crippen LogP contribution is 2.25. The van der Waals surface area contributed by atoms with Crippen LogP contribution in [0.25, 0.3) is 0 Å². The first-order valence-electron chi connectivity index (χ1n) is 7.59. The minimum Gasteiger partial charge on any atom is -0.492 e. The fraction of sp³-hybridized carbons (Fsp3) is 0.647. The first-order chi connectivity index (χ1) is 9.45. The smallest absolute Gasteiger partial charge is 0.119 e. The molecule has 1 aliphatic heterocycles. The van der Waals surface area contributed by atoms with Crippen LogP contribution in [0.2, 0.25) is 0 Å². The molecule has 20 heavy (non-hydrogen) atoms. The lowest BCUT2D eigenvalue weighted by molar-refractivity contribution is 0.133. The molecule has 0 N–H and O–H groups in total. The average Bonchev–Trinajstić information content (AvgIpc) is 2.40. The average molecular weight is 276 g/mol. The highest BCUT2D eigenvalue weighted by Gasteiger charge is 2.15. The van der Waals surface area contributed by atoms with E-state index < -0.39 is 0 Å². The molecule has 0 spiro atoms. The lowest BCUT2D eigenvalue weighted by atomic mass is 9.87. The molecule has 1 aromatic rings. The zero-order valence-electron chi connectivity index (χ0n) is 13.4.